The third kappa shape index (κ3) is 4.93. The first-order valence-electron chi connectivity index (χ1n) is 8.32. The highest BCUT2D eigenvalue weighted by Gasteiger charge is 2.33. The number of nitrogens with zero attached hydrogens (tertiary/aromatic N) is 1. The molecule has 0 aromatic heterocycles. The van der Waals surface area contributed by atoms with Crippen LogP contribution in [0.1, 0.15) is 19.8 Å². The molecule has 0 unspecified atom stereocenters. The van der Waals surface area contributed by atoms with Crippen molar-refractivity contribution in [1.29, 1.82) is 0 Å². The van der Waals surface area contributed by atoms with Gasteiger partial charge >= 0.3 is 0 Å². The van der Waals surface area contributed by atoms with Gasteiger partial charge in [-0.25, -0.2) is 8.42 Å². The number of amides is 1. The predicted molar refractivity (Wildman–Crippen MR) is 94.0 cm³/mol. The second-order valence-corrected chi connectivity index (χ2v) is 8.18. The summed E-state index contributed by atoms with van der Waals surface area (Å²) in [5, 5.41) is 2.88. The molecule has 1 heterocycles. The van der Waals surface area contributed by atoms with E-state index in [0.717, 1.165) is 0 Å². The summed E-state index contributed by atoms with van der Waals surface area (Å²) in [6, 6.07) is 6.18. The molecule has 0 spiro atoms. The molecule has 1 aromatic carbocycles. The Balaban J connectivity index is 2.07. The quantitative estimate of drug-likeness (QED) is 0.781. The Morgan fingerprint density at radius 1 is 1.32 bits per heavy atom. The van der Waals surface area contributed by atoms with E-state index in [1.54, 1.807) is 19.2 Å². The van der Waals surface area contributed by atoms with Crippen LogP contribution in [0.3, 0.4) is 0 Å². The van der Waals surface area contributed by atoms with E-state index in [9.17, 15) is 13.2 Å². The lowest BCUT2D eigenvalue weighted by molar-refractivity contribution is -0.127. The molecule has 1 aliphatic heterocycles. The van der Waals surface area contributed by atoms with Gasteiger partial charge in [-0.3, -0.25) is 4.79 Å². The molecular weight excluding hydrogens is 344 g/mol. The Labute approximate surface area is 149 Å². The summed E-state index contributed by atoms with van der Waals surface area (Å²) in [5.41, 5.74) is 0. The maximum absolute atomic E-state index is 12.8. The lowest BCUT2D eigenvalue weighted by Crippen LogP contribution is -2.47. The Hall–Kier alpha value is -1.64. The molecule has 1 saturated heterocycles. The highest BCUT2D eigenvalue weighted by atomic mass is 32.2. The fourth-order valence-corrected chi connectivity index (χ4v) is 4.45. The number of carbonyl (C=O) groups is 1. The zero-order valence-corrected chi connectivity index (χ0v) is 15.7. The molecule has 2 atom stereocenters. The Morgan fingerprint density at radius 2 is 2.00 bits per heavy atom. The number of rotatable bonds is 7. The van der Waals surface area contributed by atoms with Crippen LogP contribution in [0.4, 0.5) is 0 Å². The van der Waals surface area contributed by atoms with Crippen LogP contribution in [0.25, 0.3) is 0 Å². The predicted octanol–water partition coefficient (Wildman–Crippen LogP) is 1.25. The largest absolute Gasteiger partial charge is 0.497 e. The molecule has 1 amide bonds. The molecule has 0 aliphatic carbocycles. The van der Waals surface area contributed by atoms with Gasteiger partial charge in [-0.1, -0.05) is 0 Å². The van der Waals surface area contributed by atoms with Crippen molar-refractivity contribution in [3.8, 4) is 5.75 Å². The molecule has 7 nitrogen and oxygen atoms in total. The van der Waals surface area contributed by atoms with E-state index >= 15 is 0 Å². The summed E-state index contributed by atoms with van der Waals surface area (Å²) in [6.45, 7) is 2.90. The van der Waals surface area contributed by atoms with Gasteiger partial charge in [-0.2, -0.15) is 4.31 Å². The van der Waals surface area contributed by atoms with Crippen molar-refractivity contribution in [3.05, 3.63) is 24.3 Å². The van der Waals surface area contributed by atoms with Crippen molar-refractivity contribution in [2.75, 3.05) is 33.9 Å². The molecular formula is C17H26N2O5S. The molecule has 0 radical (unpaired) electrons. The van der Waals surface area contributed by atoms with Gasteiger partial charge < -0.3 is 14.8 Å². The minimum Gasteiger partial charge on any atom is -0.497 e. The van der Waals surface area contributed by atoms with Gasteiger partial charge in [0.05, 0.1) is 24.5 Å². The number of hydrogen-bond donors (Lipinski definition) is 1. The standard InChI is InChI=1S/C17H26N2O5S/c1-13(12-23-2)18-17(20)14-5-4-10-19(11-14)25(21,22)16-8-6-15(24-3)7-9-16/h6-9,13-14H,4-5,10-12H2,1-3H3,(H,18,20)/t13-,14+/m1/s1. The van der Waals surface area contributed by atoms with Crippen molar-refractivity contribution in [2.24, 2.45) is 5.92 Å². The molecule has 25 heavy (non-hydrogen) atoms. The Kier molecular flexibility index (Phi) is 6.80. The molecule has 1 aromatic rings. The third-order valence-corrected chi connectivity index (χ3v) is 6.14. The molecule has 0 bridgehead atoms. The monoisotopic (exact) mass is 370 g/mol. The first kappa shape index (κ1) is 19.7. The first-order valence-corrected chi connectivity index (χ1v) is 9.76. The van der Waals surface area contributed by atoms with Crippen LogP contribution in [-0.2, 0) is 19.6 Å². The SMILES string of the molecule is COC[C@@H](C)NC(=O)[C@H]1CCCN(S(=O)(=O)c2ccc(OC)cc2)C1. The van der Waals surface area contributed by atoms with E-state index < -0.39 is 10.0 Å². The Morgan fingerprint density at radius 3 is 2.60 bits per heavy atom. The maximum atomic E-state index is 12.8. The smallest absolute Gasteiger partial charge is 0.243 e. The summed E-state index contributed by atoms with van der Waals surface area (Å²) < 4.78 is 37.1. The van der Waals surface area contributed by atoms with Gasteiger partial charge in [0.25, 0.3) is 0 Å². The summed E-state index contributed by atoms with van der Waals surface area (Å²) in [5.74, 6) is 0.127. The van der Waals surface area contributed by atoms with Gasteiger partial charge in [0.1, 0.15) is 5.75 Å². The molecule has 140 valence electrons. The minimum absolute atomic E-state index is 0.105. The zero-order valence-electron chi connectivity index (χ0n) is 14.9. The van der Waals surface area contributed by atoms with Crippen LogP contribution in [0.15, 0.2) is 29.2 Å². The van der Waals surface area contributed by atoms with Gasteiger partial charge in [-0.05, 0) is 44.0 Å². The molecule has 1 fully saturated rings. The van der Waals surface area contributed by atoms with Crippen molar-refractivity contribution in [3.63, 3.8) is 0 Å². The van der Waals surface area contributed by atoms with Crippen molar-refractivity contribution in [1.82, 2.24) is 9.62 Å². The van der Waals surface area contributed by atoms with Crippen LogP contribution in [0.5, 0.6) is 5.75 Å². The molecule has 1 N–H and O–H groups in total. The van der Waals surface area contributed by atoms with Crippen molar-refractivity contribution >= 4 is 15.9 Å². The van der Waals surface area contributed by atoms with Gasteiger partial charge in [0.15, 0.2) is 0 Å². The van der Waals surface area contributed by atoms with E-state index in [1.807, 2.05) is 6.92 Å². The second kappa shape index (κ2) is 8.64. The summed E-state index contributed by atoms with van der Waals surface area (Å²) >= 11 is 0. The normalized spacial score (nSPS) is 20.0. The molecule has 1 aliphatic rings. The number of sulfonamides is 1. The third-order valence-electron chi connectivity index (χ3n) is 4.26. The topological polar surface area (TPSA) is 84.9 Å². The number of methoxy groups -OCH3 is 2. The summed E-state index contributed by atoms with van der Waals surface area (Å²) in [6.07, 6.45) is 1.34. The van der Waals surface area contributed by atoms with Crippen LogP contribution in [0, 0.1) is 5.92 Å². The first-order chi connectivity index (χ1) is 11.9. The number of benzene rings is 1. The highest BCUT2D eigenvalue weighted by Crippen LogP contribution is 2.25. The average Bonchev–Trinajstić information content (AvgIpc) is 2.62. The fraction of sp³-hybridized carbons (Fsp3) is 0.588. The van der Waals surface area contributed by atoms with Crippen LogP contribution >= 0.6 is 0 Å². The maximum Gasteiger partial charge on any atom is 0.243 e. The number of hydrogen-bond acceptors (Lipinski definition) is 5. The van der Waals surface area contributed by atoms with Gasteiger partial charge in [0, 0.05) is 26.2 Å². The number of nitrogens with one attached hydrogen (secondary N) is 1. The molecule has 8 heteroatoms. The summed E-state index contributed by atoms with van der Waals surface area (Å²) in [4.78, 5) is 12.6. The summed E-state index contributed by atoms with van der Waals surface area (Å²) in [7, 11) is -0.514. The van der Waals surface area contributed by atoms with E-state index in [1.165, 1.54) is 23.5 Å². The fourth-order valence-electron chi connectivity index (χ4n) is 2.92. The van der Waals surface area contributed by atoms with Crippen LogP contribution in [0.2, 0.25) is 0 Å². The average molecular weight is 370 g/mol. The number of carbonyl (C=O) groups excluding carboxylic acids is 1. The van der Waals surface area contributed by atoms with Crippen LogP contribution < -0.4 is 10.1 Å². The number of ether oxygens (including phenoxy) is 2. The van der Waals surface area contributed by atoms with E-state index in [0.29, 0.717) is 31.7 Å². The van der Waals surface area contributed by atoms with Gasteiger partial charge in [0.2, 0.25) is 15.9 Å². The van der Waals surface area contributed by atoms with Crippen molar-refractivity contribution < 1.29 is 22.7 Å². The molecule has 0 saturated carbocycles. The van der Waals surface area contributed by atoms with Crippen LogP contribution in [-0.4, -0.2) is 58.6 Å². The second-order valence-electron chi connectivity index (χ2n) is 6.24. The van der Waals surface area contributed by atoms with E-state index in [4.69, 9.17) is 9.47 Å². The highest BCUT2D eigenvalue weighted by molar-refractivity contribution is 7.89. The molecule has 2 rings (SSSR count). The Bertz CT molecular complexity index is 675. The van der Waals surface area contributed by atoms with Crippen molar-refractivity contribution in [2.45, 2.75) is 30.7 Å². The lowest BCUT2D eigenvalue weighted by Gasteiger charge is -2.31. The van der Waals surface area contributed by atoms with E-state index in [-0.39, 0.29) is 29.3 Å². The zero-order chi connectivity index (χ0) is 18.4. The van der Waals surface area contributed by atoms with Gasteiger partial charge in [-0.15, -0.1) is 0 Å². The van der Waals surface area contributed by atoms with E-state index in [2.05, 4.69) is 5.32 Å². The lowest BCUT2D eigenvalue weighted by atomic mass is 9.98. The minimum atomic E-state index is -3.62. The number of piperidine rings is 1.